The van der Waals surface area contributed by atoms with E-state index in [2.05, 4.69) is 9.97 Å². The Labute approximate surface area is 121 Å². The molecule has 0 unspecified atom stereocenters. The van der Waals surface area contributed by atoms with E-state index in [1.165, 1.54) is 0 Å². The Morgan fingerprint density at radius 2 is 1.81 bits per heavy atom. The van der Waals surface area contributed by atoms with Crippen molar-refractivity contribution in [1.82, 2.24) is 9.97 Å². The number of aromatic amines is 1. The van der Waals surface area contributed by atoms with Gasteiger partial charge in [0.15, 0.2) is 11.5 Å². The highest BCUT2D eigenvalue weighted by Crippen LogP contribution is 2.31. The number of nitrogen functional groups attached to an aromatic ring is 2. The maximum atomic E-state index is 11.9. The molecule has 0 spiro atoms. The van der Waals surface area contributed by atoms with Crippen LogP contribution in [0.3, 0.4) is 0 Å². The smallest absolute Gasteiger partial charge is 0.257 e. The van der Waals surface area contributed by atoms with Gasteiger partial charge < -0.3 is 20.9 Å². The van der Waals surface area contributed by atoms with Crippen molar-refractivity contribution in [1.29, 1.82) is 0 Å². The summed E-state index contributed by atoms with van der Waals surface area (Å²) >= 11 is 0. The summed E-state index contributed by atoms with van der Waals surface area (Å²) in [5.74, 6) is 1.36. The zero-order valence-corrected chi connectivity index (χ0v) is 12.2. The average molecular weight is 290 g/mol. The Morgan fingerprint density at radius 3 is 2.38 bits per heavy atom. The second-order valence-corrected chi connectivity index (χ2v) is 4.63. The molecule has 0 saturated carbocycles. The molecule has 0 aliphatic heterocycles. The van der Waals surface area contributed by atoms with Crippen LogP contribution in [-0.2, 0) is 6.42 Å². The number of aromatic nitrogens is 2. The zero-order valence-electron chi connectivity index (χ0n) is 12.2. The third kappa shape index (κ3) is 2.91. The molecule has 0 radical (unpaired) electrons. The van der Waals surface area contributed by atoms with E-state index >= 15 is 0 Å². The van der Waals surface area contributed by atoms with Gasteiger partial charge in [0.2, 0.25) is 5.95 Å². The number of methoxy groups -OCH3 is 2. The minimum atomic E-state index is -0.339. The maximum Gasteiger partial charge on any atom is 0.257 e. The minimum Gasteiger partial charge on any atom is -0.493 e. The molecular weight excluding hydrogens is 272 g/mol. The number of ether oxygens (including phenoxy) is 2. The van der Waals surface area contributed by atoms with Crippen LogP contribution < -0.4 is 26.5 Å². The molecule has 0 amide bonds. The van der Waals surface area contributed by atoms with E-state index in [0.717, 1.165) is 11.1 Å². The first-order valence-electron chi connectivity index (χ1n) is 6.32. The van der Waals surface area contributed by atoms with Crippen LogP contribution in [0.2, 0.25) is 0 Å². The van der Waals surface area contributed by atoms with Gasteiger partial charge in [0, 0.05) is 6.42 Å². The number of H-pyrrole nitrogens is 1. The molecule has 0 aliphatic rings. The molecule has 21 heavy (non-hydrogen) atoms. The lowest BCUT2D eigenvalue weighted by Gasteiger charge is -2.13. The van der Waals surface area contributed by atoms with Crippen LogP contribution in [-0.4, -0.2) is 24.2 Å². The minimum absolute atomic E-state index is 0.00489. The van der Waals surface area contributed by atoms with Crippen molar-refractivity contribution in [2.24, 2.45) is 0 Å². The van der Waals surface area contributed by atoms with E-state index in [4.69, 9.17) is 20.9 Å². The summed E-state index contributed by atoms with van der Waals surface area (Å²) in [6.07, 6.45) is 0.334. The predicted octanol–water partition coefficient (Wildman–Crippen LogP) is 0.851. The normalized spacial score (nSPS) is 10.4. The lowest BCUT2D eigenvalue weighted by Crippen LogP contribution is -2.19. The van der Waals surface area contributed by atoms with Gasteiger partial charge in [0.05, 0.1) is 19.8 Å². The second kappa shape index (κ2) is 5.74. The highest BCUT2D eigenvalue weighted by molar-refractivity contribution is 5.51. The van der Waals surface area contributed by atoms with Crippen molar-refractivity contribution in [2.75, 3.05) is 25.7 Å². The number of hydrogen-bond donors (Lipinski definition) is 3. The zero-order chi connectivity index (χ0) is 15.6. The van der Waals surface area contributed by atoms with E-state index in [-0.39, 0.29) is 17.3 Å². The van der Waals surface area contributed by atoms with Crippen LogP contribution in [0.5, 0.6) is 11.5 Å². The standard InChI is InChI=1S/C14H18N4O3/c1-7-4-10(20-2)11(21-3)6-8(7)5-9-12(15)17-14(16)18-13(9)19/h4,6H,5H2,1-3H3,(H5,15,16,17,18,19). The molecule has 112 valence electrons. The van der Waals surface area contributed by atoms with Crippen molar-refractivity contribution in [3.8, 4) is 11.5 Å². The first-order valence-corrected chi connectivity index (χ1v) is 6.32. The number of rotatable bonds is 4. The highest BCUT2D eigenvalue weighted by atomic mass is 16.5. The summed E-state index contributed by atoms with van der Waals surface area (Å²) in [5, 5.41) is 0. The number of anilines is 2. The van der Waals surface area contributed by atoms with Crippen LogP contribution in [0.4, 0.5) is 11.8 Å². The average Bonchev–Trinajstić information content (AvgIpc) is 2.43. The van der Waals surface area contributed by atoms with E-state index in [9.17, 15) is 4.79 Å². The summed E-state index contributed by atoms with van der Waals surface area (Å²) in [6, 6.07) is 3.67. The summed E-state index contributed by atoms with van der Waals surface area (Å²) in [4.78, 5) is 18.3. The van der Waals surface area contributed by atoms with Gasteiger partial charge in [-0.3, -0.25) is 9.78 Å². The number of benzene rings is 1. The Bertz CT molecular complexity index is 725. The fourth-order valence-corrected chi connectivity index (χ4v) is 2.11. The van der Waals surface area contributed by atoms with Gasteiger partial charge in [-0.1, -0.05) is 0 Å². The van der Waals surface area contributed by atoms with Crippen LogP contribution in [0, 0.1) is 6.92 Å². The summed E-state index contributed by atoms with van der Waals surface area (Å²) in [5.41, 5.74) is 13.1. The molecular formula is C14H18N4O3. The van der Waals surface area contributed by atoms with Gasteiger partial charge in [0.1, 0.15) is 5.82 Å². The number of nitrogens with one attached hydrogen (secondary N) is 1. The highest BCUT2D eigenvalue weighted by Gasteiger charge is 2.13. The van der Waals surface area contributed by atoms with Gasteiger partial charge in [0.25, 0.3) is 5.56 Å². The quantitative estimate of drug-likeness (QED) is 0.768. The molecule has 7 nitrogen and oxygen atoms in total. The van der Waals surface area contributed by atoms with Crippen LogP contribution >= 0.6 is 0 Å². The largest absolute Gasteiger partial charge is 0.493 e. The lowest BCUT2D eigenvalue weighted by atomic mass is 10.0. The van der Waals surface area contributed by atoms with E-state index in [0.29, 0.717) is 23.5 Å². The fraction of sp³-hybridized carbons (Fsp3) is 0.286. The number of aryl methyl sites for hydroxylation is 1. The third-order valence-corrected chi connectivity index (χ3v) is 3.28. The summed E-state index contributed by atoms with van der Waals surface area (Å²) in [6.45, 7) is 1.92. The van der Waals surface area contributed by atoms with Crippen LogP contribution in [0.25, 0.3) is 0 Å². The Morgan fingerprint density at radius 1 is 1.19 bits per heavy atom. The molecule has 0 saturated heterocycles. The number of nitrogens with two attached hydrogens (primary N) is 2. The van der Waals surface area contributed by atoms with Crippen molar-refractivity contribution >= 4 is 11.8 Å². The molecule has 0 bridgehead atoms. The predicted molar refractivity (Wildman–Crippen MR) is 80.8 cm³/mol. The SMILES string of the molecule is COc1cc(C)c(Cc2c(N)nc(N)[nH]c2=O)cc1OC. The molecule has 2 aromatic rings. The van der Waals surface area contributed by atoms with Crippen molar-refractivity contribution < 1.29 is 9.47 Å². The molecule has 2 rings (SSSR count). The summed E-state index contributed by atoms with van der Waals surface area (Å²) < 4.78 is 10.5. The van der Waals surface area contributed by atoms with Crippen molar-refractivity contribution in [3.63, 3.8) is 0 Å². The number of hydrogen-bond acceptors (Lipinski definition) is 6. The molecule has 5 N–H and O–H groups in total. The fourth-order valence-electron chi connectivity index (χ4n) is 2.11. The first-order chi connectivity index (χ1) is 9.96. The van der Waals surface area contributed by atoms with Gasteiger partial charge in [-0.15, -0.1) is 0 Å². The van der Waals surface area contributed by atoms with E-state index < -0.39 is 0 Å². The molecule has 0 atom stereocenters. The van der Waals surface area contributed by atoms with Crippen LogP contribution in [0.15, 0.2) is 16.9 Å². The molecule has 0 fully saturated rings. The second-order valence-electron chi connectivity index (χ2n) is 4.63. The van der Waals surface area contributed by atoms with Gasteiger partial charge in [-0.05, 0) is 30.2 Å². The van der Waals surface area contributed by atoms with Gasteiger partial charge >= 0.3 is 0 Å². The molecule has 1 aromatic carbocycles. The topological polar surface area (TPSA) is 116 Å². The summed E-state index contributed by atoms with van der Waals surface area (Å²) in [7, 11) is 3.13. The van der Waals surface area contributed by atoms with E-state index in [1.807, 2.05) is 19.1 Å². The van der Waals surface area contributed by atoms with Crippen LogP contribution in [0.1, 0.15) is 16.7 Å². The van der Waals surface area contributed by atoms with Gasteiger partial charge in [-0.25, -0.2) is 0 Å². The molecule has 1 heterocycles. The van der Waals surface area contributed by atoms with Crippen molar-refractivity contribution in [2.45, 2.75) is 13.3 Å². The Kier molecular flexibility index (Phi) is 4.02. The van der Waals surface area contributed by atoms with Gasteiger partial charge in [-0.2, -0.15) is 4.98 Å². The lowest BCUT2D eigenvalue weighted by molar-refractivity contribution is 0.354. The maximum absolute atomic E-state index is 11.9. The Balaban J connectivity index is 2.47. The first kappa shape index (κ1) is 14.7. The molecule has 0 aliphatic carbocycles. The third-order valence-electron chi connectivity index (χ3n) is 3.28. The van der Waals surface area contributed by atoms with Crippen molar-refractivity contribution in [3.05, 3.63) is 39.2 Å². The Hall–Kier alpha value is -2.70. The molecule has 1 aromatic heterocycles. The number of nitrogens with zero attached hydrogens (tertiary/aromatic N) is 1. The van der Waals surface area contributed by atoms with E-state index in [1.54, 1.807) is 14.2 Å². The molecule has 7 heteroatoms. The monoisotopic (exact) mass is 290 g/mol.